The lowest BCUT2D eigenvalue weighted by molar-refractivity contribution is 0.274. The number of aromatic nitrogens is 1. The number of hydrogen-bond donors (Lipinski definition) is 0. The van der Waals surface area contributed by atoms with Gasteiger partial charge in [0.15, 0.2) is 0 Å². The topological polar surface area (TPSA) is 22.1 Å². The number of benzene rings is 1. The first-order valence-electron chi connectivity index (χ1n) is 6.57. The van der Waals surface area contributed by atoms with Crippen LogP contribution in [0, 0.1) is 11.8 Å². The predicted octanol–water partition coefficient (Wildman–Crippen LogP) is 3.39. The van der Waals surface area contributed by atoms with E-state index >= 15 is 0 Å². The van der Waals surface area contributed by atoms with Crippen LogP contribution in [0.5, 0.6) is 5.75 Å². The van der Waals surface area contributed by atoms with Gasteiger partial charge in [-0.15, -0.1) is 11.6 Å². The van der Waals surface area contributed by atoms with Crippen LogP contribution in [0.2, 0.25) is 0 Å². The van der Waals surface area contributed by atoms with E-state index in [2.05, 4.69) is 41.1 Å². The lowest BCUT2D eigenvalue weighted by atomic mass is 9.78. The van der Waals surface area contributed by atoms with Crippen molar-refractivity contribution in [1.82, 2.24) is 4.98 Å². The number of pyridine rings is 1. The highest BCUT2D eigenvalue weighted by Crippen LogP contribution is 2.35. The molecule has 0 saturated heterocycles. The van der Waals surface area contributed by atoms with Crippen LogP contribution in [-0.4, -0.2) is 17.5 Å². The number of halogens is 1. The molecular formula is C17H14ClNO. The van der Waals surface area contributed by atoms with Crippen LogP contribution in [0.15, 0.2) is 42.7 Å². The van der Waals surface area contributed by atoms with E-state index in [0.29, 0.717) is 18.4 Å². The molecule has 0 radical (unpaired) electrons. The van der Waals surface area contributed by atoms with Crippen molar-refractivity contribution >= 4 is 11.6 Å². The Hall–Kier alpha value is -1.98. The maximum absolute atomic E-state index is 5.82. The van der Waals surface area contributed by atoms with Gasteiger partial charge in [0.2, 0.25) is 0 Å². The highest BCUT2D eigenvalue weighted by atomic mass is 35.5. The van der Waals surface area contributed by atoms with Crippen LogP contribution in [0.1, 0.15) is 22.6 Å². The Kier molecular flexibility index (Phi) is 3.90. The molecule has 1 aliphatic rings. The summed E-state index contributed by atoms with van der Waals surface area (Å²) < 4.78 is 5.82. The first kappa shape index (κ1) is 13.0. The van der Waals surface area contributed by atoms with Gasteiger partial charge >= 0.3 is 0 Å². The zero-order valence-electron chi connectivity index (χ0n) is 11.0. The average molecular weight is 284 g/mol. The molecule has 1 aromatic carbocycles. The third-order valence-electron chi connectivity index (χ3n) is 3.43. The van der Waals surface area contributed by atoms with Crippen molar-refractivity contribution in [3.8, 4) is 17.6 Å². The Morgan fingerprint density at radius 2 is 2.20 bits per heavy atom. The largest absolute Gasteiger partial charge is 0.491 e. The fraction of sp³-hybridized carbons (Fsp3) is 0.235. The molecule has 1 unspecified atom stereocenters. The van der Waals surface area contributed by atoms with Gasteiger partial charge in [0.25, 0.3) is 0 Å². The Bertz CT molecular complexity index is 672. The van der Waals surface area contributed by atoms with Crippen molar-refractivity contribution < 1.29 is 4.74 Å². The molecular weight excluding hydrogens is 270 g/mol. The molecule has 2 aromatic rings. The molecule has 1 aromatic heterocycles. The molecule has 3 heteroatoms. The van der Waals surface area contributed by atoms with Crippen LogP contribution in [0.25, 0.3) is 0 Å². The van der Waals surface area contributed by atoms with Gasteiger partial charge in [-0.1, -0.05) is 36.1 Å². The second-order valence-electron chi connectivity index (χ2n) is 4.76. The lowest BCUT2D eigenvalue weighted by Gasteiger charge is -2.29. The van der Waals surface area contributed by atoms with Gasteiger partial charge < -0.3 is 4.74 Å². The molecule has 1 heterocycles. The molecule has 3 rings (SSSR count). The summed E-state index contributed by atoms with van der Waals surface area (Å²) in [6.07, 6.45) is 4.52. The molecule has 0 N–H and O–H groups in total. The summed E-state index contributed by atoms with van der Waals surface area (Å²) >= 11 is 5.54. The van der Waals surface area contributed by atoms with Gasteiger partial charge in [0, 0.05) is 17.7 Å². The fourth-order valence-corrected chi connectivity index (χ4v) is 2.48. The summed E-state index contributed by atoms with van der Waals surface area (Å²) in [6, 6.07) is 10.4. The van der Waals surface area contributed by atoms with E-state index < -0.39 is 0 Å². The van der Waals surface area contributed by atoms with Crippen molar-refractivity contribution in [1.29, 1.82) is 0 Å². The summed E-state index contributed by atoms with van der Waals surface area (Å²) in [4.78, 5) is 4.13. The maximum atomic E-state index is 5.82. The molecule has 0 spiro atoms. The second kappa shape index (κ2) is 5.98. The normalized spacial score (nSPS) is 15.6. The Morgan fingerprint density at radius 3 is 3.05 bits per heavy atom. The third-order valence-corrected chi connectivity index (χ3v) is 3.56. The van der Waals surface area contributed by atoms with Gasteiger partial charge in [-0.2, -0.15) is 0 Å². The van der Waals surface area contributed by atoms with E-state index in [1.54, 1.807) is 12.4 Å². The molecule has 2 nitrogen and oxygen atoms in total. The Morgan fingerprint density at radius 1 is 1.30 bits per heavy atom. The van der Waals surface area contributed by atoms with Crippen LogP contribution in [0.4, 0.5) is 0 Å². The number of ether oxygens (including phenoxy) is 1. The van der Waals surface area contributed by atoms with E-state index in [4.69, 9.17) is 16.3 Å². The molecule has 0 fully saturated rings. The standard InChI is InChI=1S/C17H14ClNO/c18-7-3-4-13-8-16(11-19-10-13)20-12-15-9-14-5-1-2-6-17(14)15/h1-2,5-6,8,10-11,15H,7,9,12H2. The quantitative estimate of drug-likeness (QED) is 0.636. The average Bonchev–Trinajstić information content (AvgIpc) is 2.46. The Balaban J connectivity index is 1.62. The highest BCUT2D eigenvalue weighted by molar-refractivity contribution is 6.19. The summed E-state index contributed by atoms with van der Waals surface area (Å²) in [5.41, 5.74) is 3.66. The monoisotopic (exact) mass is 283 g/mol. The number of alkyl halides is 1. The zero-order valence-corrected chi connectivity index (χ0v) is 11.7. The van der Waals surface area contributed by atoms with E-state index in [0.717, 1.165) is 17.7 Å². The summed E-state index contributed by atoms with van der Waals surface area (Å²) in [5.74, 6) is 7.33. The van der Waals surface area contributed by atoms with E-state index in [1.807, 2.05) is 6.07 Å². The lowest BCUT2D eigenvalue weighted by Crippen LogP contribution is -2.23. The van der Waals surface area contributed by atoms with Gasteiger partial charge in [0.05, 0.1) is 18.7 Å². The van der Waals surface area contributed by atoms with E-state index in [9.17, 15) is 0 Å². The smallest absolute Gasteiger partial charge is 0.138 e. The highest BCUT2D eigenvalue weighted by Gasteiger charge is 2.25. The predicted molar refractivity (Wildman–Crippen MR) is 80.2 cm³/mol. The van der Waals surface area contributed by atoms with E-state index in [-0.39, 0.29) is 0 Å². The molecule has 1 aliphatic carbocycles. The minimum atomic E-state index is 0.323. The Labute approximate surface area is 123 Å². The molecule has 0 saturated carbocycles. The summed E-state index contributed by atoms with van der Waals surface area (Å²) in [7, 11) is 0. The SMILES string of the molecule is ClCC#Cc1cncc(OCC2Cc3ccccc32)c1. The van der Waals surface area contributed by atoms with Crippen molar-refractivity contribution in [3.63, 3.8) is 0 Å². The third kappa shape index (κ3) is 2.79. The van der Waals surface area contributed by atoms with Gasteiger partial charge in [-0.25, -0.2) is 0 Å². The molecule has 20 heavy (non-hydrogen) atoms. The number of hydrogen-bond acceptors (Lipinski definition) is 2. The van der Waals surface area contributed by atoms with Crippen LogP contribution in [0.3, 0.4) is 0 Å². The van der Waals surface area contributed by atoms with Crippen molar-refractivity contribution in [2.75, 3.05) is 12.5 Å². The minimum absolute atomic E-state index is 0.323. The summed E-state index contributed by atoms with van der Waals surface area (Å²) in [6.45, 7) is 0.686. The molecule has 1 atom stereocenters. The van der Waals surface area contributed by atoms with E-state index in [1.165, 1.54) is 11.1 Å². The van der Waals surface area contributed by atoms with Crippen LogP contribution >= 0.6 is 11.6 Å². The first-order valence-corrected chi connectivity index (χ1v) is 7.11. The van der Waals surface area contributed by atoms with Crippen LogP contribution in [-0.2, 0) is 6.42 Å². The summed E-state index contributed by atoms with van der Waals surface area (Å²) in [5, 5.41) is 0. The van der Waals surface area contributed by atoms with Gasteiger partial charge in [-0.3, -0.25) is 4.98 Å². The zero-order chi connectivity index (χ0) is 13.8. The number of rotatable bonds is 3. The van der Waals surface area contributed by atoms with Gasteiger partial charge in [0.1, 0.15) is 5.75 Å². The number of fused-ring (bicyclic) bond motifs is 1. The molecule has 100 valence electrons. The fourth-order valence-electron chi connectivity index (χ4n) is 2.41. The maximum Gasteiger partial charge on any atom is 0.138 e. The first-order chi connectivity index (χ1) is 9.86. The van der Waals surface area contributed by atoms with Crippen molar-refractivity contribution in [3.05, 3.63) is 59.4 Å². The van der Waals surface area contributed by atoms with Crippen molar-refractivity contribution in [2.45, 2.75) is 12.3 Å². The molecule has 0 aliphatic heterocycles. The van der Waals surface area contributed by atoms with Crippen molar-refractivity contribution in [2.24, 2.45) is 0 Å². The molecule has 0 bridgehead atoms. The molecule has 0 amide bonds. The second-order valence-corrected chi connectivity index (χ2v) is 5.02. The minimum Gasteiger partial charge on any atom is -0.491 e. The number of nitrogens with zero attached hydrogens (tertiary/aromatic N) is 1. The van der Waals surface area contributed by atoms with Gasteiger partial charge in [-0.05, 0) is 23.6 Å². The van der Waals surface area contributed by atoms with Crippen LogP contribution < -0.4 is 4.74 Å².